The van der Waals surface area contributed by atoms with E-state index >= 15 is 0 Å². The zero-order valence-corrected chi connectivity index (χ0v) is 26.3. The standard InChI is InChI=1S/C31H25Br2ClN2O6/c1-17-6-8-19(9-7-17)31(41)42-20-12-10-18(11-13-20)27(37)16-35(28(38)21-4-2-3-5-26(21)34)36-29(39)22-14-24(32)25(33)15-23(22)30(36)40/h2-13,22-25H,14-16H2,1H3/t22-,23+,24+,25-. The number of carbonyl (C=O) groups is 5. The monoisotopic (exact) mass is 714 g/mol. The average molecular weight is 717 g/mol. The number of hydrazine groups is 1. The Kier molecular flexibility index (Phi) is 8.96. The Morgan fingerprint density at radius 1 is 0.857 bits per heavy atom. The van der Waals surface area contributed by atoms with Gasteiger partial charge in [0, 0.05) is 15.2 Å². The number of amides is 3. The Morgan fingerprint density at radius 2 is 1.40 bits per heavy atom. The van der Waals surface area contributed by atoms with Gasteiger partial charge in [-0.05, 0) is 68.3 Å². The molecular formula is C31H25Br2ClN2O6. The van der Waals surface area contributed by atoms with Crippen molar-refractivity contribution in [3.8, 4) is 5.75 Å². The van der Waals surface area contributed by atoms with Gasteiger partial charge in [-0.25, -0.2) is 9.80 Å². The molecule has 1 aliphatic carbocycles. The summed E-state index contributed by atoms with van der Waals surface area (Å²) in [7, 11) is 0. The summed E-state index contributed by atoms with van der Waals surface area (Å²) < 4.78 is 5.41. The lowest BCUT2D eigenvalue weighted by Crippen LogP contribution is -2.52. The smallest absolute Gasteiger partial charge is 0.343 e. The highest BCUT2D eigenvalue weighted by molar-refractivity contribution is 9.12. The number of ether oxygens (including phenoxy) is 1. The number of hydrogen-bond acceptors (Lipinski definition) is 6. The molecule has 0 N–H and O–H groups in total. The number of hydrogen-bond donors (Lipinski definition) is 0. The zero-order chi connectivity index (χ0) is 30.1. The number of nitrogens with zero attached hydrogens (tertiary/aromatic N) is 2. The Hall–Kier alpha value is -3.34. The summed E-state index contributed by atoms with van der Waals surface area (Å²) in [5.41, 5.74) is 1.64. The number of rotatable bonds is 7. The Morgan fingerprint density at radius 3 is 1.98 bits per heavy atom. The molecule has 2 aliphatic rings. The summed E-state index contributed by atoms with van der Waals surface area (Å²) >= 11 is 13.4. The third-order valence-electron chi connectivity index (χ3n) is 7.44. The van der Waals surface area contributed by atoms with Gasteiger partial charge in [-0.1, -0.05) is 73.3 Å². The van der Waals surface area contributed by atoms with Crippen LogP contribution in [0.15, 0.2) is 72.8 Å². The third kappa shape index (κ3) is 6.07. The maximum Gasteiger partial charge on any atom is 0.343 e. The minimum absolute atomic E-state index is 0.0246. The second kappa shape index (κ2) is 12.5. The van der Waals surface area contributed by atoms with E-state index in [1.165, 1.54) is 36.4 Å². The number of imide groups is 1. The van der Waals surface area contributed by atoms with Crippen LogP contribution in [-0.2, 0) is 9.59 Å². The average Bonchev–Trinajstić information content (AvgIpc) is 3.20. The van der Waals surface area contributed by atoms with Crippen LogP contribution in [0.25, 0.3) is 0 Å². The van der Waals surface area contributed by atoms with E-state index in [-0.39, 0.29) is 31.6 Å². The summed E-state index contributed by atoms with van der Waals surface area (Å²) in [6.45, 7) is 1.33. The number of carbonyl (C=O) groups excluding carboxylic acids is 5. The Labute approximate surface area is 264 Å². The summed E-state index contributed by atoms with van der Waals surface area (Å²) in [5.74, 6) is -3.88. The van der Waals surface area contributed by atoms with E-state index in [2.05, 4.69) is 31.9 Å². The fourth-order valence-corrected chi connectivity index (χ4v) is 6.57. The van der Waals surface area contributed by atoms with Gasteiger partial charge in [0.2, 0.25) is 0 Å². The van der Waals surface area contributed by atoms with Crippen molar-refractivity contribution in [2.75, 3.05) is 6.54 Å². The first-order valence-electron chi connectivity index (χ1n) is 13.2. The lowest BCUT2D eigenvalue weighted by molar-refractivity contribution is -0.154. The van der Waals surface area contributed by atoms with Crippen LogP contribution in [0.3, 0.4) is 0 Å². The van der Waals surface area contributed by atoms with Gasteiger partial charge in [-0.15, -0.1) is 0 Å². The molecular weight excluding hydrogens is 692 g/mol. The molecule has 0 aromatic heterocycles. The van der Waals surface area contributed by atoms with Crippen molar-refractivity contribution in [2.45, 2.75) is 29.4 Å². The molecule has 4 atom stereocenters. The molecule has 3 amide bonds. The fourth-order valence-electron chi connectivity index (χ4n) is 5.11. The van der Waals surface area contributed by atoms with Crippen LogP contribution >= 0.6 is 43.5 Å². The minimum Gasteiger partial charge on any atom is -0.423 e. The van der Waals surface area contributed by atoms with Crippen molar-refractivity contribution in [1.82, 2.24) is 10.0 Å². The van der Waals surface area contributed by atoms with Gasteiger partial charge in [0.25, 0.3) is 17.7 Å². The maximum atomic E-state index is 13.7. The number of ketones is 1. The van der Waals surface area contributed by atoms with Crippen LogP contribution in [-0.4, -0.2) is 55.7 Å². The van der Waals surface area contributed by atoms with Crippen molar-refractivity contribution < 1.29 is 28.7 Å². The normalized spacial score (nSPS) is 21.6. The van der Waals surface area contributed by atoms with Gasteiger partial charge in [-0.3, -0.25) is 19.2 Å². The minimum atomic E-state index is -0.747. The Bertz CT molecular complexity index is 1530. The summed E-state index contributed by atoms with van der Waals surface area (Å²) in [4.78, 5) is 66.7. The number of fused-ring (bicyclic) bond motifs is 1. The highest BCUT2D eigenvalue weighted by Crippen LogP contribution is 2.43. The highest BCUT2D eigenvalue weighted by atomic mass is 79.9. The molecule has 3 aromatic rings. The van der Waals surface area contributed by atoms with Crippen molar-refractivity contribution in [3.63, 3.8) is 0 Å². The second-order valence-corrected chi connectivity index (χ2v) is 13.0. The predicted octanol–water partition coefficient (Wildman–Crippen LogP) is 6.03. The second-order valence-electron chi connectivity index (χ2n) is 10.3. The van der Waals surface area contributed by atoms with E-state index in [9.17, 15) is 24.0 Å². The maximum absolute atomic E-state index is 13.7. The molecule has 1 aliphatic heterocycles. The molecule has 1 saturated carbocycles. The van der Waals surface area contributed by atoms with E-state index in [0.717, 1.165) is 15.6 Å². The first-order chi connectivity index (χ1) is 20.0. The summed E-state index contributed by atoms with van der Waals surface area (Å²) in [6, 6.07) is 19.0. The van der Waals surface area contributed by atoms with E-state index in [1.807, 2.05) is 6.92 Å². The van der Waals surface area contributed by atoms with E-state index in [1.54, 1.807) is 36.4 Å². The lowest BCUT2D eigenvalue weighted by Gasteiger charge is -2.30. The number of halogens is 3. The van der Waals surface area contributed by atoms with Gasteiger partial charge >= 0.3 is 5.97 Å². The molecule has 42 heavy (non-hydrogen) atoms. The van der Waals surface area contributed by atoms with E-state index in [4.69, 9.17) is 16.3 Å². The summed E-state index contributed by atoms with van der Waals surface area (Å²) in [5, 5.41) is 1.84. The number of Topliss-reactive ketones (excluding diaryl/α,β-unsaturated/α-hetero) is 1. The van der Waals surface area contributed by atoms with Crippen LogP contribution in [0.5, 0.6) is 5.75 Å². The Balaban J connectivity index is 1.38. The van der Waals surface area contributed by atoms with Crippen LogP contribution in [0.1, 0.15) is 49.5 Å². The zero-order valence-electron chi connectivity index (χ0n) is 22.3. The fraction of sp³-hybridized carbons (Fsp3) is 0.258. The molecule has 3 aromatic carbocycles. The molecule has 2 fully saturated rings. The molecule has 5 rings (SSSR count). The molecule has 216 valence electrons. The number of alkyl halides is 2. The van der Waals surface area contributed by atoms with E-state index < -0.39 is 47.9 Å². The van der Waals surface area contributed by atoms with Crippen molar-refractivity contribution in [3.05, 3.63) is 100 Å². The molecule has 0 spiro atoms. The van der Waals surface area contributed by atoms with Crippen LogP contribution in [0, 0.1) is 18.8 Å². The lowest BCUT2D eigenvalue weighted by atomic mass is 9.81. The number of aryl methyl sites for hydroxylation is 1. The van der Waals surface area contributed by atoms with Gasteiger partial charge in [0.15, 0.2) is 5.78 Å². The van der Waals surface area contributed by atoms with E-state index in [0.29, 0.717) is 18.4 Å². The van der Waals surface area contributed by atoms with Gasteiger partial charge in [-0.2, -0.15) is 5.01 Å². The van der Waals surface area contributed by atoms with Crippen molar-refractivity contribution in [2.24, 2.45) is 11.8 Å². The molecule has 0 unspecified atom stereocenters. The van der Waals surface area contributed by atoms with Gasteiger partial charge in [0.1, 0.15) is 12.3 Å². The van der Waals surface area contributed by atoms with Crippen LogP contribution in [0.4, 0.5) is 0 Å². The number of esters is 1. The van der Waals surface area contributed by atoms with Crippen LogP contribution in [0.2, 0.25) is 5.02 Å². The van der Waals surface area contributed by atoms with Crippen LogP contribution < -0.4 is 4.74 Å². The van der Waals surface area contributed by atoms with Crippen molar-refractivity contribution in [1.29, 1.82) is 0 Å². The first kappa shape index (κ1) is 30.1. The molecule has 0 bridgehead atoms. The topological polar surface area (TPSA) is 101 Å². The largest absolute Gasteiger partial charge is 0.423 e. The van der Waals surface area contributed by atoms with Gasteiger partial charge in [0.05, 0.1) is 28.0 Å². The molecule has 11 heteroatoms. The first-order valence-corrected chi connectivity index (χ1v) is 15.4. The molecule has 8 nitrogen and oxygen atoms in total. The summed E-state index contributed by atoms with van der Waals surface area (Å²) in [6.07, 6.45) is 0.818. The predicted molar refractivity (Wildman–Crippen MR) is 163 cm³/mol. The molecule has 1 heterocycles. The van der Waals surface area contributed by atoms with Gasteiger partial charge < -0.3 is 4.74 Å². The van der Waals surface area contributed by atoms with Crippen molar-refractivity contribution >= 4 is 72.9 Å². The molecule has 1 saturated heterocycles. The SMILES string of the molecule is Cc1ccc(C(=O)Oc2ccc(C(=O)CN(C(=O)c3ccccc3Cl)N3C(=O)[C@H]4C[C@@H](Br)[C@@H](Br)C[C@H]4C3=O)cc2)cc1. The number of benzene rings is 3. The quantitative estimate of drug-likeness (QED) is 0.0974. The molecule has 0 radical (unpaired) electrons. The third-order valence-corrected chi connectivity index (χ3v) is 10.5. The highest BCUT2D eigenvalue weighted by Gasteiger charge is 2.54.